The Morgan fingerprint density at radius 1 is 1.45 bits per heavy atom. The van der Waals surface area contributed by atoms with Crippen molar-refractivity contribution in [3.05, 3.63) is 28.2 Å². The second kappa shape index (κ2) is 6.97. The number of carboxylic acid groups (broad SMARTS) is 1. The van der Waals surface area contributed by atoms with Gasteiger partial charge in [0, 0.05) is 23.1 Å². The monoisotopic (exact) mass is 353 g/mol. The zero-order valence-corrected chi connectivity index (χ0v) is 12.4. The smallest absolute Gasteiger partial charge is 0.418 e. The minimum absolute atomic E-state index is 0.00551. The maximum atomic E-state index is 12.8. The second-order valence-corrected chi connectivity index (χ2v) is 5.52. The Morgan fingerprint density at radius 2 is 2.10 bits per heavy atom. The van der Waals surface area contributed by atoms with Crippen molar-refractivity contribution < 1.29 is 23.1 Å². The molecule has 0 saturated carbocycles. The van der Waals surface area contributed by atoms with Gasteiger partial charge in [0.05, 0.1) is 5.56 Å². The van der Waals surface area contributed by atoms with Crippen LogP contribution in [-0.2, 0) is 11.0 Å². The fraction of sp³-hybridized carbons (Fsp3) is 0.462. The molecule has 0 aliphatic rings. The average molecular weight is 354 g/mol. The number of hydrogen-bond donors (Lipinski definition) is 2. The van der Waals surface area contributed by atoms with E-state index in [0.717, 1.165) is 6.07 Å². The molecule has 1 aromatic rings. The molecule has 0 heterocycles. The highest BCUT2D eigenvalue weighted by molar-refractivity contribution is 9.10. The van der Waals surface area contributed by atoms with Gasteiger partial charge in [-0.1, -0.05) is 22.9 Å². The molecule has 1 rings (SSSR count). The Labute approximate surface area is 123 Å². The molecule has 0 saturated heterocycles. The van der Waals surface area contributed by atoms with Crippen molar-refractivity contribution in [2.75, 3.05) is 11.9 Å². The summed E-state index contributed by atoms with van der Waals surface area (Å²) in [7, 11) is 0. The van der Waals surface area contributed by atoms with Crippen LogP contribution in [0.2, 0.25) is 0 Å². The summed E-state index contributed by atoms with van der Waals surface area (Å²) >= 11 is 3.13. The molecule has 2 N–H and O–H groups in total. The van der Waals surface area contributed by atoms with Gasteiger partial charge in [0.2, 0.25) is 0 Å². The highest BCUT2D eigenvalue weighted by atomic mass is 79.9. The van der Waals surface area contributed by atoms with Crippen molar-refractivity contribution in [1.29, 1.82) is 0 Å². The van der Waals surface area contributed by atoms with E-state index in [0.29, 0.717) is 10.9 Å². The van der Waals surface area contributed by atoms with Crippen LogP contribution in [0.4, 0.5) is 18.9 Å². The van der Waals surface area contributed by atoms with Gasteiger partial charge in [-0.3, -0.25) is 4.79 Å². The fourth-order valence-corrected chi connectivity index (χ4v) is 2.03. The number of anilines is 1. The highest BCUT2D eigenvalue weighted by Gasteiger charge is 2.33. The zero-order valence-electron chi connectivity index (χ0n) is 10.8. The number of rotatable bonds is 6. The Balaban J connectivity index is 2.72. The SMILES string of the molecule is CC(CCC(=O)O)CNc1cc(Br)ccc1C(F)(F)F. The largest absolute Gasteiger partial charge is 0.481 e. The molecule has 1 unspecified atom stereocenters. The first kappa shape index (κ1) is 16.8. The molecule has 1 aromatic carbocycles. The van der Waals surface area contributed by atoms with E-state index in [1.165, 1.54) is 12.1 Å². The lowest BCUT2D eigenvalue weighted by atomic mass is 10.1. The Hall–Kier alpha value is -1.24. The molecule has 0 aliphatic carbocycles. The lowest BCUT2D eigenvalue weighted by Crippen LogP contribution is -2.16. The molecule has 0 aliphatic heterocycles. The maximum absolute atomic E-state index is 12.8. The molecule has 0 amide bonds. The summed E-state index contributed by atoms with van der Waals surface area (Å²) in [5.41, 5.74) is -0.736. The molecule has 1 atom stereocenters. The highest BCUT2D eigenvalue weighted by Crippen LogP contribution is 2.36. The lowest BCUT2D eigenvalue weighted by molar-refractivity contribution is -0.138. The van der Waals surface area contributed by atoms with Crippen LogP contribution in [0.1, 0.15) is 25.3 Å². The van der Waals surface area contributed by atoms with Crippen molar-refractivity contribution in [3.63, 3.8) is 0 Å². The molecule has 112 valence electrons. The number of hydrogen-bond acceptors (Lipinski definition) is 2. The van der Waals surface area contributed by atoms with E-state index in [1.54, 1.807) is 6.92 Å². The van der Waals surface area contributed by atoms with E-state index in [9.17, 15) is 18.0 Å². The molecule has 7 heteroatoms. The number of nitrogens with one attached hydrogen (secondary N) is 1. The summed E-state index contributed by atoms with van der Waals surface area (Å²) in [4.78, 5) is 10.4. The quantitative estimate of drug-likeness (QED) is 0.797. The third kappa shape index (κ3) is 5.40. The molecule has 0 aromatic heterocycles. The first-order valence-electron chi connectivity index (χ1n) is 6.02. The first-order chi connectivity index (χ1) is 9.20. The Morgan fingerprint density at radius 3 is 2.65 bits per heavy atom. The summed E-state index contributed by atoms with van der Waals surface area (Å²) in [5.74, 6) is -0.943. The van der Waals surface area contributed by atoms with Gasteiger partial charge in [-0.15, -0.1) is 0 Å². The lowest BCUT2D eigenvalue weighted by Gasteiger charge is -2.17. The van der Waals surface area contributed by atoms with Crippen LogP contribution in [0.3, 0.4) is 0 Å². The topological polar surface area (TPSA) is 49.3 Å². The van der Waals surface area contributed by atoms with Crippen LogP contribution >= 0.6 is 15.9 Å². The summed E-state index contributed by atoms with van der Waals surface area (Å²) in [5, 5.41) is 11.3. The zero-order chi connectivity index (χ0) is 15.3. The van der Waals surface area contributed by atoms with E-state index < -0.39 is 17.7 Å². The van der Waals surface area contributed by atoms with Crippen LogP contribution in [-0.4, -0.2) is 17.6 Å². The minimum atomic E-state index is -4.42. The maximum Gasteiger partial charge on any atom is 0.418 e. The fourth-order valence-electron chi connectivity index (χ4n) is 1.67. The van der Waals surface area contributed by atoms with Gasteiger partial charge < -0.3 is 10.4 Å². The number of halogens is 4. The standard InChI is InChI=1S/C13H15BrF3NO2/c1-8(2-5-12(19)20)7-18-11-6-9(14)3-4-10(11)13(15,16)17/h3-4,6,8,18H,2,5,7H2,1H3,(H,19,20). The normalized spacial score (nSPS) is 13.1. The molecule has 0 spiro atoms. The van der Waals surface area contributed by atoms with Crippen LogP contribution in [0.15, 0.2) is 22.7 Å². The summed E-state index contributed by atoms with van der Waals surface area (Å²) in [6.07, 6.45) is -4.00. The van der Waals surface area contributed by atoms with Crippen LogP contribution in [0, 0.1) is 5.92 Å². The second-order valence-electron chi connectivity index (χ2n) is 4.61. The van der Waals surface area contributed by atoms with Gasteiger partial charge in [0.15, 0.2) is 0 Å². The number of carbonyl (C=O) groups is 1. The van der Waals surface area contributed by atoms with E-state index in [2.05, 4.69) is 21.2 Å². The predicted octanol–water partition coefficient (Wildman–Crippen LogP) is 4.38. The molecule has 0 radical (unpaired) electrons. The molecular weight excluding hydrogens is 339 g/mol. The number of aliphatic carboxylic acids is 1. The van der Waals surface area contributed by atoms with Crippen LogP contribution in [0.25, 0.3) is 0 Å². The minimum Gasteiger partial charge on any atom is -0.481 e. The third-order valence-electron chi connectivity index (χ3n) is 2.78. The first-order valence-corrected chi connectivity index (χ1v) is 6.82. The number of benzene rings is 1. The van der Waals surface area contributed by atoms with E-state index in [4.69, 9.17) is 5.11 Å². The van der Waals surface area contributed by atoms with Crippen molar-refractivity contribution >= 4 is 27.6 Å². The predicted molar refractivity (Wildman–Crippen MR) is 73.7 cm³/mol. The van der Waals surface area contributed by atoms with Crippen molar-refractivity contribution in [2.45, 2.75) is 25.9 Å². The van der Waals surface area contributed by atoms with Crippen LogP contribution in [0.5, 0.6) is 0 Å². The van der Waals surface area contributed by atoms with E-state index in [1.807, 2.05) is 0 Å². The van der Waals surface area contributed by atoms with Crippen LogP contribution < -0.4 is 5.32 Å². The van der Waals surface area contributed by atoms with E-state index >= 15 is 0 Å². The molecule has 3 nitrogen and oxygen atoms in total. The number of carboxylic acids is 1. The van der Waals surface area contributed by atoms with Crippen molar-refractivity contribution in [1.82, 2.24) is 0 Å². The Bertz CT molecular complexity index is 477. The van der Waals surface area contributed by atoms with Gasteiger partial charge in [0.25, 0.3) is 0 Å². The molecule has 20 heavy (non-hydrogen) atoms. The third-order valence-corrected chi connectivity index (χ3v) is 3.27. The van der Waals surface area contributed by atoms with Gasteiger partial charge in [-0.05, 0) is 30.5 Å². The van der Waals surface area contributed by atoms with Gasteiger partial charge in [0.1, 0.15) is 0 Å². The molecular formula is C13H15BrF3NO2. The van der Waals surface area contributed by atoms with Crippen molar-refractivity contribution in [2.24, 2.45) is 5.92 Å². The van der Waals surface area contributed by atoms with Gasteiger partial charge in [-0.2, -0.15) is 13.2 Å². The van der Waals surface area contributed by atoms with Gasteiger partial charge >= 0.3 is 12.1 Å². The van der Waals surface area contributed by atoms with Crippen molar-refractivity contribution in [3.8, 4) is 0 Å². The van der Waals surface area contributed by atoms with E-state index in [-0.39, 0.29) is 24.6 Å². The number of alkyl halides is 3. The van der Waals surface area contributed by atoms with Gasteiger partial charge in [-0.25, -0.2) is 0 Å². The molecule has 0 fully saturated rings. The molecule has 0 bridgehead atoms. The Kier molecular flexibility index (Phi) is 5.86. The summed E-state index contributed by atoms with van der Waals surface area (Å²) in [6, 6.07) is 3.71. The summed E-state index contributed by atoms with van der Waals surface area (Å²) in [6.45, 7) is 2.08. The summed E-state index contributed by atoms with van der Waals surface area (Å²) < 4.78 is 39.0. The average Bonchev–Trinajstić information content (AvgIpc) is 2.32.